The molecule has 0 saturated carbocycles. The van der Waals surface area contributed by atoms with Crippen molar-refractivity contribution >= 4 is 52.4 Å². The molecule has 5 aromatic rings. The van der Waals surface area contributed by atoms with Crippen LogP contribution in [0.4, 0.5) is 27.3 Å². The normalized spacial score (nSPS) is 19.4. The van der Waals surface area contributed by atoms with Gasteiger partial charge in [0.15, 0.2) is 0 Å². The van der Waals surface area contributed by atoms with Crippen molar-refractivity contribution in [3.05, 3.63) is 113 Å². The van der Waals surface area contributed by atoms with Crippen molar-refractivity contribution in [2.24, 2.45) is 11.7 Å². The number of nitrogens with one attached hydrogen (secondary N) is 3. The van der Waals surface area contributed by atoms with Gasteiger partial charge in [0.05, 0.1) is 16.8 Å². The van der Waals surface area contributed by atoms with Crippen LogP contribution in [0.3, 0.4) is 0 Å². The van der Waals surface area contributed by atoms with E-state index in [1.54, 1.807) is 0 Å². The number of hydrogen-bond acceptors (Lipinski definition) is 11. The van der Waals surface area contributed by atoms with Crippen LogP contribution in [0.2, 0.25) is 0 Å². The summed E-state index contributed by atoms with van der Waals surface area (Å²) in [4.78, 5) is 68.8. The smallest absolute Gasteiger partial charge is 0.262 e. The summed E-state index contributed by atoms with van der Waals surface area (Å²) in [5.41, 5.74) is 11.0. The highest BCUT2D eigenvalue weighted by atomic mass is 19.1. The van der Waals surface area contributed by atoms with Gasteiger partial charge in [-0.05, 0) is 117 Å². The third-order valence-electron chi connectivity index (χ3n) is 13.2. The zero-order valence-corrected chi connectivity index (χ0v) is 35.1. The summed E-state index contributed by atoms with van der Waals surface area (Å²) in [6.45, 7) is 4.70. The number of nitrogens with two attached hydrogens (primary N) is 1. The lowest BCUT2D eigenvalue weighted by atomic mass is 9.94. The molecule has 0 radical (unpaired) electrons. The molecular weight excluding hydrogens is 818 g/mol. The number of amides is 5. The van der Waals surface area contributed by atoms with Crippen LogP contribution in [0.15, 0.2) is 84.9 Å². The van der Waals surface area contributed by atoms with E-state index in [9.17, 15) is 24.0 Å². The molecule has 328 valence electrons. The molecule has 10 rings (SSSR count). The Morgan fingerprint density at radius 2 is 1.52 bits per heavy atom. The Bertz CT molecular complexity index is 2670. The lowest BCUT2D eigenvalue weighted by Gasteiger charge is -2.38. The van der Waals surface area contributed by atoms with Crippen LogP contribution in [-0.4, -0.2) is 93.9 Å². The Hall–Kier alpha value is -7.07. The molecule has 3 saturated heterocycles. The first kappa shape index (κ1) is 41.0. The van der Waals surface area contributed by atoms with Crippen LogP contribution in [0, 0.1) is 11.7 Å². The second-order valence-corrected chi connectivity index (χ2v) is 17.3. The fourth-order valence-electron chi connectivity index (χ4n) is 9.80. The molecule has 0 spiro atoms. The number of rotatable bonds is 10. The molecule has 5 amide bonds. The van der Waals surface area contributed by atoms with Gasteiger partial charge in [0.2, 0.25) is 11.8 Å². The summed E-state index contributed by atoms with van der Waals surface area (Å²) in [6.07, 6.45) is 4.51. The van der Waals surface area contributed by atoms with E-state index in [2.05, 4.69) is 33.0 Å². The third kappa shape index (κ3) is 7.93. The number of para-hydroxylation sites is 1. The summed E-state index contributed by atoms with van der Waals surface area (Å²) in [7, 11) is 0. The molecule has 1 aromatic heterocycles. The van der Waals surface area contributed by atoms with Gasteiger partial charge in [-0.1, -0.05) is 18.2 Å². The maximum Gasteiger partial charge on any atom is 0.262 e. The van der Waals surface area contributed by atoms with E-state index in [1.807, 2.05) is 70.2 Å². The number of aromatic nitrogens is 2. The Morgan fingerprint density at radius 1 is 0.797 bits per heavy atom. The minimum absolute atomic E-state index is 0.0196. The molecule has 6 heterocycles. The number of halogens is 1. The molecule has 5 aliphatic rings. The first-order valence-electron chi connectivity index (χ1n) is 22.0. The van der Waals surface area contributed by atoms with Gasteiger partial charge in [-0.25, -0.2) is 9.07 Å². The Labute approximate surface area is 368 Å². The maximum absolute atomic E-state index is 15.5. The number of imide groups is 2. The van der Waals surface area contributed by atoms with Crippen molar-refractivity contribution in [1.29, 1.82) is 0 Å². The van der Waals surface area contributed by atoms with Gasteiger partial charge in [0.1, 0.15) is 40.4 Å². The molecule has 1 atom stereocenters. The summed E-state index contributed by atoms with van der Waals surface area (Å²) in [6, 6.07) is 25.1. The van der Waals surface area contributed by atoms with Crippen molar-refractivity contribution in [3.8, 4) is 22.8 Å². The van der Waals surface area contributed by atoms with E-state index < -0.39 is 41.4 Å². The van der Waals surface area contributed by atoms with Crippen molar-refractivity contribution in [2.75, 3.05) is 48.3 Å². The van der Waals surface area contributed by atoms with Crippen LogP contribution >= 0.6 is 0 Å². The van der Waals surface area contributed by atoms with E-state index >= 15 is 4.39 Å². The monoisotopic (exact) mass is 865 g/mol. The highest BCUT2D eigenvalue weighted by Gasteiger charge is 2.45. The first-order valence-corrected chi connectivity index (χ1v) is 22.0. The Kier molecular flexibility index (Phi) is 10.8. The summed E-state index contributed by atoms with van der Waals surface area (Å²) in [5.74, 6) is -1.20. The zero-order valence-electron chi connectivity index (χ0n) is 35.1. The van der Waals surface area contributed by atoms with E-state index in [0.29, 0.717) is 60.8 Å². The number of benzene rings is 4. The predicted octanol–water partition coefficient (Wildman–Crippen LogP) is 6.07. The first-order chi connectivity index (χ1) is 31.1. The second kappa shape index (κ2) is 16.9. The fourth-order valence-corrected chi connectivity index (χ4v) is 9.80. The minimum atomic E-state index is -1.10. The SMILES string of the molecule is NC(=O)c1c(-c2ccc(Oc3ccccc3)cc2)nn2c1Nc1ccc(NC3CCN(CC4CCN(c5cc6c(cc5F)C(=O)N(C5CCC(=O)NC5=O)C6=O)CC4)CC3)cc1CC2. The summed E-state index contributed by atoms with van der Waals surface area (Å²) >= 11 is 0. The van der Waals surface area contributed by atoms with Crippen LogP contribution in [-0.2, 0) is 22.6 Å². The van der Waals surface area contributed by atoms with Gasteiger partial charge in [-0.15, -0.1) is 0 Å². The van der Waals surface area contributed by atoms with Gasteiger partial charge < -0.3 is 30.9 Å². The lowest BCUT2D eigenvalue weighted by Crippen LogP contribution is -2.54. The third-order valence-corrected chi connectivity index (χ3v) is 13.2. The van der Waals surface area contributed by atoms with Gasteiger partial charge in [-0.2, -0.15) is 5.10 Å². The van der Waals surface area contributed by atoms with Crippen molar-refractivity contribution < 1.29 is 33.1 Å². The van der Waals surface area contributed by atoms with Crippen LogP contribution in [0.25, 0.3) is 11.3 Å². The van der Waals surface area contributed by atoms with Crippen LogP contribution in [0.5, 0.6) is 11.5 Å². The number of primary amides is 1. The van der Waals surface area contributed by atoms with E-state index in [1.165, 1.54) is 6.07 Å². The summed E-state index contributed by atoms with van der Waals surface area (Å²) < 4.78 is 23.3. The predicted molar refractivity (Wildman–Crippen MR) is 237 cm³/mol. The number of hydrogen-bond donors (Lipinski definition) is 4. The molecule has 16 heteroatoms. The Morgan fingerprint density at radius 3 is 2.23 bits per heavy atom. The Balaban J connectivity index is 0.715. The number of piperidine rings is 3. The maximum atomic E-state index is 15.5. The number of nitrogens with zero attached hydrogens (tertiary/aromatic N) is 5. The fraction of sp³-hybridized carbons (Fsp3) is 0.333. The van der Waals surface area contributed by atoms with Gasteiger partial charge in [-0.3, -0.25) is 34.2 Å². The largest absolute Gasteiger partial charge is 0.457 e. The second-order valence-electron chi connectivity index (χ2n) is 17.3. The van der Waals surface area contributed by atoms with Crippen LogP contribution in [0.1, 0.15) is 75.2 Å². The van der Waals surface area contributed by atoms with E-state index in [4.69, 9.17) is 15.6 Å². The molecule has 5 N–H and O–H groups in total. The number of carbonyl (C=O) groups excluding carboxylic acids is 5. The molecular formula is C48H48FN9O6. The number of carbonyl (C=O) groups is 5. The molecule has 0 bridgehead atoms. The molecule has 3 fully saturated rings. The number of aryl methyl sites for hydroxylation is 2. The standard InChI is InChI=1S/C48H48FN9O6/c49-37-25-35-36(48(63)58(47(35)62)39-12-13-41(59)53-46(39)61)26-40(37)56-21-14-28(15-22-56)27-55-19-17-31(18-20-55)51-32-8-11-38-30(24-32)16-23-57-45(52-38)42(44(50)60)43(54-57)29-6-9-34(10-7-29)64-33-4-2-1-3-5-33/h1-11,24-26,28,31,39,51-52H,12-23,27H2,(H2,50,60)(H,53,59,61). The van der Waals surface area contributed by atoms with Gasteiger partial charge in [0.25, 0.3) is 17.7 Å². The van der Waals surface area contributed by atoms with Gasteiger partial charge >= 0.3 is 0 Å². The number of fused-ring (bicyclic) bond motifs is 3. The van der Waals surface area contributed by atoms with Crippen molar-refractivity contribution in [1.82, 2.24) is 24.9 Å². The molecule has 5 aliphatic heterocycles. The van der Waals surface area contributed by atoms with Crippen molar-refractivity contribution in [2.45, 2.75) is 63.6 Å². The molecule has 0 aliphatic carbocycles. The molecule has 15 nitrogen and oxygen atoms in total. The lowest BCUT2D eigenvalue weighted by molar-refractivity contribution is -0.136. The molecule has 4 aromatic carbocycles. The topological polar surface area (TPSA) is 184 Å². The highest BCUT2D eigenvalue weighted by Crippen LogP contribution is 2.38. The number of anilines is 4. The summed E-state index contributed by atoms with van der Waals surface area (Å²) in [5, 5.41) is 14.3. The van der Waals surface area contributed by atoms with Crippen LogP contribution < -0.4 is 31.3 Å². The van der Waals surface area contributed by atoms with E-state index in [-0.39, 0.29) is 29.7 Å². The number of likely N-dealkylation sites (tertiary alicyclic amines) is 1. The minimum Gasteiger partial charge on any atom is -0.457 e. The van der Waals surface area contributed by atoms with Crippen molar-refractivity contribution in [3.63, 3.8) is 0 Å². The highest BCUT2D eigenvalue weighted by molar-refractivity contribution is 6.23. The molecule has 1 unspecified atom stereocenters. The quantitative estimate of drug-likeness (QED) is 0.120. The molecule has 64 heavy (non-hydrogen) atoms. The average Bonchev–Trinajstić information content (AvgIpc) is 3.70. The average molecular weight is 866 g/mol. The van der Waals surface area contributed by atoms with Gasteiger partial charge in [0, 0.05) is 68.7 Å². The van der Waals surface area contributed by atoms with E-state index in [0.717, 1.165) is 84.5 Å². The number of ether oxygens (including phenoxy) is 1. The zero-order chi connectivity index (χ0) is 44.1.